The highest BCUT2D eigenvalue weighted by Gasteiger charge is 2.06. The molecule has 0 radical (unpaired) electrons. The highest BCUT2D eigenvalue weighted by molar-refractivity contribution is 6.31. The number of nitrogens with zero attached hydrogens (tertiary/aromatic N) is 1. The fourth-order valence-electron chi connectivity index (χ4n) is 1.89. The van der Waals surface area contributed by atoms with Gasteiger partial charge in [0, 0.05) is 29.7 Å². The number of carbonyl (C=O) groups is 1. The number of benzene rings is 2. The predicted octanol–water partition coefficient (Wildman–Crippen LogP) is 4.67. The van der Waals surface area contributed by atoms with Crippen molar-refractivity contribution in [1.82, 2.24) is 4.90 Å². The highest BCUT2D eigenvalue weighted by atomic mass is 35.5. The molecule has 0 spiro atoms. The Labute approximate surface area is 134 Å². The molecule has 4 heteroatoms. The van der Waals surface area contributed by atoms with Crippen LogP contribution in [0.3, 0.4) is 0 Å². The van der Waals surface area contributed by atoms with E-state index < -0.39 is 0 Å². The first kappa shape index (κ1) is 15.6. The van der Waals surface area contributed by atoms with E-state index in [-0.39, 0.29) is 5.91 Å². The van der Waals surface area contributed by atoms with Gasteiger partial charge in [-0.25, -0.2) is 0 Å². The van der Waals surface area contributed by atoms with Crippen LogP contribution in [0, 0.1) is 0 Å². The molecule has 0 unspecified atom stereocenters. The highest BCUT2D eigenvalue weighted by Crippen LogP contribution is 2.14. The summed E-state index contributed by atoms with van der Waals surface area (Å²) in [5.74, 6) is -0.0741. The van der Waals surface area contributed by atoms with E-state index in [0.717, 1.165) is 11.1 Å². The van der Waals surface area contributed by atoms with Gasteiger partial charge in [-0.05, 0) is 41.5 Å². The van der Waals surface area contributed by atoms with Crippen LogP contribution in [0.2, 0.25) is 10.0 Å². The number of likely N-dealkylation sites (N-methyl/N-ethyl adjacent to an activating group) is 1. The maximum absolute atomic E-state index is 12.1. The first-order chi connectivity index (χ1) is 10.0. The van der Waals surface area contributed by atoms with Gasteiger partial charge in [-0.3, -0.25) is 4.79 Å². The molecule has 21 heavy (non-hydrogen) atoms. The summed E-state index contributed by atoms with van der Waals surface area (Å²) in [7, 11) is 1.76. The average molecular weight is 320 g/mol. The van der Waals surface area contributed by atoms with Crippen molar-refractivity contribution < 1.29 is 4.79 Å². The zero-order chi connectivity index (χ0) is 15.2. The molecule has 0 saturated heterocycles. The normalized spacial score (nSPS) is 10.8. The van der Waals surface area contributed by atoms with Gasteiger partial charge >= 0.3 is 0 Å². The maximum Gasteiger partial charge on any atom is 0.246 e. The molecule has 2 rings (SSSR count). The van der Waals surface area contributed by atoms with Crippen molar-refractivity contribution in [2.24, 2.45) is 0 Å². The lowest BCUT2D eigenvalue weighted by molar-refractivity contribution is -0.125. The fraction of sp³-hybridized carbons (Fsp3) is 0.118. The third-order valence-corrected chi connectivity index (χ3v) is 3.42. The van der Waals surface area contributed by atoms with Gasteiger partial charge in [0.25, 0.3) is 0 Å². The summed E-state index contributed by atoms with van der Waals surface area (Å²) < 4.78 is 0. The molecule has 0 saturated carbocycles. The third-order valence-electron chi connectivity index (χ3n) is 2.95. The zero-order valence-corrected chi connectivity index (χ0v) is 13.1. The zero-order valence-electron chi connectivity index (χ0n) is 11.6. The molecule has 0 atom stereocenters. The van der Waals surface area contributed by atoms with Gasteiger partial charge in [-0.2, -0.15) is 0 Å². The monoisotopic (exact) mass is 319 g/mol. The Morgan fingerprint density at radius 2 is 1.76 bits per heavy atom. The summed E-state index contributed by atoms with van der Waals surface area (Å²) in [6, 6.07) is 14.8. The largest absolute Gasteiger partial charge is 0.338 e. The molecule has 2 aromatic carbocycles. The molecule has 2 nitrogen and oxygen atoms in total. The Morgan fingerprint density at radius 3 is 2.43 bits per heavy atom. The van der Waals surface area contributed by atoms with E-state index in [1.165, 1.54) is 6.08 Å². The van der Waals surface area contributed by atoms with Crippen molar-refractivity contribution in [2.75, 3.05) is 7.05 Å². The number of hydrogen-bond acceptors (Lipinski definition) is 1. The van der Waals surface area contributed by atoms with Crippen molar-refractivity contribution in [3.8, 4) is 0 Å². The van der Waals surface area contributed by atoms with Gasteiger partial charge in [0.1, 0.15) is 0 Å². The van der Waals surface area contributed by atoms with Crippen LogP contribution in [0.4, 0.5) is 0 Å². The molecule has 0 fully saturated rings. The van der Waals surface area contributed by atoms with E-state index in [1.54, 1.807) is 24.1 Å². The minimum atomic E-state index is -0.0741. The first-order valence-corrected chi connectivity index (χ1v) is 7.23. The van der Waals surface area contributed by atoms with Crippen LogP contribution in [-0.4, -0.2) is 17.9 Å². The smallest absolute Gasteiger partial charge is 0.246 e. The van der Waals surface area contributed by atoms with Crippen molar-refractivity contribution in [3.05, 3.63) is 75.8 Å². The molecule has 2 aromatic rings. The topological polar surface area (TPSA) is 20.3 Å². The second-order valence-corrected chi connectivity index (χ2v) is 5.59. The van der Waals surface area contributed by atoms with E-state index >= 15 is 0 Å². The lowest BCUT2D eigenvalue weighted by Crippen LogP contribution is -2.24. The molecule has 1 amide bonds. The number of amides is 1. The van der Waals surface area contributed by atoms with Gasteiger partial charge in [0.15, 0.2) is 0 Å². The molecule has 0 aromatic heterocycles. The standard InChI is InChI=1S/C17H15Cl2NO/c1-20(12-14-5-3-7-16(19)11-14)17(21)9-8-13-4-2-6-15(18)10-13/h2-11H,12H2,1H3/b9-8+. The lowest BCUT2D eigenvalue weighted by Gasteiger charge is -2.15. The van der Waals surface area contributed by atoms with Gasteiger partial charge in [-0.15, -0.1) is 0 Å². The van der Waals surface area contributed by atoms with Gasteiger partial charge in [-0.1, -0.05) is 47.5 Å². The maximum atomic E-state index is 12.1. The second kappa shape index (κ2) is 7.30. The van der Waals surface area contributed by atoms with Crippen molar-refractivity contribution in [1.29, 1.82) is 0 Å². The van der Waals surface area contributed by atoms with E-state index in [2.05, 4.69) is 0 Å². The molecule has 0 bridgehead atoms. The number of halogens is 2. The van der Waals surface area contributed by atoms with Gasteiger partial charge in [0.05, 0.1) is 0 Å². The summed E-state index contributed by atoms with van der Waals surface area (Å²) in [6.45, 7) is 0.513. The Bertz CT molecular complexity index is 667. The Balaban J connectivity index is 1.99. The van der Waals surface area contributed by atoms with Crippen molar-refractivity contribution in [2.45, 2.75) is 6.54 Å². The van der Waals surface area contributed by atoms with Crippen LogP contribution in [-0.2, 0) is 11.3 Å². The van der Waals surface area contributed by atoms with Crippen LogP contribution in [0.25, 0.3) is 6.08 Å². The third kappa shape index (κ3) is 4.92. The Hall–Kier alpha value is -1.77. The summed E-state index contributed by atoms with van der Waals surface area (Å²) >= 11 is 11.8. The summed E-state index contributed by atoms with van der Waals surface area (Å²) in [5.41, 5.74) is 1.89. The molecule has 0 aliphatic heterocycles. The quantitative estimate of drug-likeness (QED) is 0.750. The average Bonchev–Trinajstić information content (AvgIpc) is 2.45. The number of hydrogen-bond donors (Lipinski definition) is 0. The fourth-order valence-corrected chi connectivity index (χ4v) is 2.30. The Morgan fingerprint density at radius 1 is 1.10 bits per heavy atom. The van der Waals surface area contributed by atoms with Crippen LogP contribution >= 0.6 is 23.2 Å². The summed E-state index contributed by atoms with van der Waals surface area (Å²) in [5, 5.41) is 1.32. The summed E-state index contributed by atoms with van der Waals surface area (Å²) in [4.78, 5) is 13.7. The van der Waals surface area contributed by atoms with Crippen LogP contribution in [0.15, 0.2) is 54.6 Å². The molecule has 0 N–H and O–H groups in total. The summed E-state index contributed by atoms with van der Waals surface area (Å²) in [6.07, 6.45) is 3.29. The van der Waals surface area contributed by atoms with E-state index in [0.29, 0.717) is 16.6 Å². The molecule has 0 heterocycles. The van der Waals surface area contributed by atoms with Crippen LogP contribution in [0.1, 0.15) is 11.1 Å². The lowest BCUT2D eigenvalue weighted by atomic mass is 10.2. The number of carbonyl (C=O) groups excluding carboxylic acids is 1. The van der Waals surface area contributed by atoms with Crippen LogP contribution < -0.4 is 0 Å². The SMILES string of the molecule is CN(Cc1cccc(Cl)c1)C(=O)/C=C/c1cccc(Cl)c1. The van der Waals surface area contributed by atoms with Gasteiger partial charge < -0.3 is 4.90 Å². The molecular weight excluding hydrogens is 305 g/mol. The van der Waals surface area contributed by atoms with Crippen molar-refractivity contribution in [3.63, 3.8) is 0 Å². The van der Waals surface area contributed by atoms with E-state index in [1.807, 2.05) is 42.5 Å². The predicted molar refractivity (Wildman–Crippen MR) is 88.4 cm³/mol. The first-order valence-electron chi connectivity index (χ1n) is 6.48. The van der Waals surface area contributed by atoms with Crippen LogP contribution in [0.5, 0.6) is 0 Å². The number of rotatable bonds is 4. The second-order valence-electron chi connectivity index (χ2n) is 4.71. The molecular formula is C17H15Cl2NO. The molecule has 0 aliphatic carbocycles. The molecule has 108 valence electrons. The van der Waals surface area contributed by atoms with Gasteiger partial charge in [0.2, 0.25) is 5.91 Å². The minimum absolute atomic E-state index is 0.0741. The molecule has 0 aliphatic rings. The van der Waals surface area contributed by atoms with Crippen molar-refractivity contribution >= 4 is 35.2 Å². The van der Waals surface area contributed by atoms with E-state index in [4.69, 9.17) is 23.2 Å². The van der Waals surface area contributed by atoms with E-state index in [9.17, 15) is 4.79 Å². The Kier molecular flexibility index (Phi) is 5.43. The minimum Gasteiger partial charge on any atom is -0.338 e.